The molecule has 0 fully saturated rings. The molecule has 3 nitrogen and oxygen atoms in total. The maximum Gasteiger partial charge on any atom is 0.119 e. The first-order valence-electron chi connectivity index (χ1n) is 6.50. The third-order valence-electron chi connectivity index (χ3n) is 3.50. The van der Waals surface area contributed by atoms with Gasteiger partial charge in [-0.1, -0.05) is 34.1 Å². The minimum absolute atomic E-state index is 0.100. The molecule has 1 heterocycles. The predicted molar refractivity (Wildman–Crippen MR) is 91.7 cm³/mol. The second-order valence-electron chi connectivity index (χ2n) is 4.67. The lowest BCUT2D eigenvalue weighted by atomic mass is 9.98. The fraction of sp³-hybridized carbons (Fsp3) is 0.125. The van der Waals surface area contributed by atoms with Gasteiger partial charge in [-0.25, -0.2) is 5.43 Å². The number of methoxy groups -OCH3 is 1. The van der Waals surface area contributed by atoms with Crippen LogP contribution in [-0.4, -0.2) is 7.11 Å². The lowest BCUT2D eigenvalue weighted by molar-refractivity contribution is 0.413. The van der Waals surface area contributed by atoms with E-state index >= 15 is 0 Å². The zero-order chi connectivity index (χ0) is 14.8. The van der Waals surface area contributed by atoms with Crippen LogP contribution in [0.25, 0.3) is 10.1 Å². The molecule has 21 heavy (non-hydrogen) atoms. The van der Waals surface area contributed by atoms with Crippen LogP contribution >= 0.6 is 27.3 Å². The monoisotopic (exact) mass is 362 g/mol. The van der Waals surface area contributed by atoms with Crippen LogP contribution in [0.15, 0.2) is 52.3 Å². The van der Waals surface area contributed by atoms with Crippen molar-refractivity contribution in [3.63, 3.8) is 0 Å². The van der Waals surface area contributed by atoms with Gasteiger partial charge in [0, 0.05) is 9.17 Å². The fourth-order valence-corrected chi connectivity index (χ4v) is 3.88. The SMILES string of the molecule is COc1ccc(Br)c(C(NN)c2cccc3ccsc23)c1. The first-order chi connectivity index (χ1) is 10.2. The molecule has 3 N–H and O–H groups in total. The van der Waals surface area contributed by atoms with Gasteiger partial charge in [-0.3, -0.25) is 5.84 Å². The minimum atomic E-state index is -0.100. The third-order valence-corrected chi connectivity index (χ3v) is 5.20. The molecule has 1 atom stereocenters. The molecule has 0 radical (unpaired) electrons. The van der Waals surface area contributed by atoms with Crippen LogP contribution in [0.3, 0.4) is 0 Å². The highest BCUT2D eigenvalue weighted by Crippen LogP contribution is 2.36. The summed E-state index contributed by atoms with van der Waals surface area (Å²) in [6.07, 6.45) is 0. The molecule has 1 aromatic heterocycles. The Kier molecular flexibility index (Phi) is 4.26. The Morgan fingerprint density at radius 3 is 2.81 bits per heavy atom. The van der Waals surface area contributed by atoms with E-state index in [9.17, 15) is 0 Å². The maximum atomic E-state index is 5.85. The largest absolute Gasteiger partial charge is 0.497 e. The summed E-state index contributed by atoms with van der Waals surface area (Å²) in [5.74, 6) is 6.66. The van der Waals surface area contributed by atoms with Crippen LogP contribution in [0.5, 0.6) is 5.75 Å². The number of halogens is 1. The van der Waals surface area contributed by atoms with Crippen molar-refractivity contribution in [2.24, 2.45) is 5.84 Å². The lowest BCUT2D eigenvalue weighted by Crippen LogP contribution is -2.29. The molecule has 0 amide bonds. The molecule has 0 saturated heterocycles. The van der Waals surface area contributed by atoms with Crippen LogP contribution in [0.4, 0.5) is 0 Å². The van der Waals surface area contributed by atoms with Gasteiger partial charge in [0.05, 0.1) is 13.2 Å². The van der Waals surface area contributed by atoms with Crippen LogP contribution in [-0.2, 0) is 0 Å². The number of ether oxygens (including phenoxy) is 1. The molecular formula is C16H15BrN2OS. The number of thiophene rings is 1. The van der Waals surface area contributed by atoms with E-state index < -0.39 is 0 Å². The number of benzene rings is 2. The van der Waals surface area contributed by atoms with Crippen LogP contribution in [0, 0.1) is 0 Å². The first kappa shape index (κ1) is 14.5. The van der Waals surface area contributed by atoms with Crippen molar-refractivity contribution in [1.82, 2.24) is 5.43 Å². The topological polar surface area (TPSA) is 47.3 Å². The van der Waals surface area contributed by atoms with Crippen molar-refractivity contribution >= 4 is 37.4 Å². The zero-order valence-electron chi connectivity index (χ0n) is 11.5. The average molecular weight is 363 g/mol. The van der Waals surface area contributed by atoms with Gasteiger partial charge in [-0.15, -0.1) is 11.3 Å². The Bertz CT molecular complexity index is 772. The van der Waals surface area contributed by atoms with E-state index in [1.807, 2.05) is 18.2 Å². The van der Waals surface area contributed by atoms with Crippen LogP contribution in [0.1, 0.15) is 17.2 Å². The van der Waals surface area contributed by atoms with Gasteiger partial charge >= 0.3 is 0 Å². The standard InChI is InChI=1S/C16H15BrN2OS/c1-20-11-5-6-14(17)13(9-11)15(19-18)12-4-2-3-10-7-8-21-16(10)12/h2-9,15,19H,18H2,1H3. The molecule has 1 unspecified atom stereocenters. The maximum absolute atomic E-state index is 5.85. The molecule has 0 spiro atoms. The van der Waals surface area contributed by atoms with E-state index in [-0.39, 0.29) is 6.04 Å². The molecule has 0 aliphatic heterocycles. The van der Waals surface area contributed by atoms with Gasteiger partial charge in [-0.05, 0) is 46.2 Å². The van der Waals surface area contributed by atoms with Gasteiger partial charge in [0.25, 0.3) is 0 Å². The molecule has 0 saturated carbocycles. The summed E-state index contributed by atoms with van der Waals surface area (Å²) < 4.78 is 7.57. The zero-order valence-corrected chi connectivity index (χ0v) is 13.9. The highest BCUT2D eigenvalue weighted by atomic mass is 79.9. The Morgan fingerprint density at radius 1 is 1.19 bits per heavy atom. The Balaban J connectivity index is 2.16. The summed E-state index contributed by atoms with van der Waals surface area (Å²) in [7, 11) is 1.66. The fourth-order valence-electron chi connectivity index (χ4n) is 2.46. The number of fused-ring (bicyclic) bond motifs is 1. The lowest BCUT2D eigenvalue weighted by Gasteiger charge is -2.20. The molecular weight excluding hydrogens is 348 g/mol. The van der Waals surface area contributed by atoms with E-state index in [1.54, 1.807) is 18.4 Å². The predicted octanol–water partition coefficient (Wildman–Crippen LogP) is 4.23. The van der Waals surface area contributed by atoms with E-state index in [2.05, 4.69) is 51.0 Å². The second-order valence-corrected chi connectivity index (χ2v) is 6.44. The van der Waals surface area contributed by atoms with Gasteiger partial charge in [-0.2, -0.15) is 0 Å². The quantitative estimate of drug-likeness (QED) is 0.539. The minimum Gasteiger partial charge on any atom is -0.497 e. The third kappa shape index (κ3) is 2.70. The van der Waals surface area contributed by atoms with E-state index in [1.165, 1.54) is 15.6 Å². The Labute approximate surface area is 135 Å². The highest BCUT2D eigenvalue weighted by Gasteiger charge is 2.19. The molecule has 0 bridgehead atoms. The molecule has 0 aliphatic carbocycles. The van der Waals surface area contributed by atoms with E-state index in [0.717, 1.165) is 15.8 Å². The number of hydrazine groups is 1. The van der Waals surface area contributed by atoms with Crippen molar-refractivity contribution in [2.45, 2.75) is 6.04 Å². The van der Waals surface area contributed by atoms with Crippen molar-refractivity contribution < 1.29 is 4.74 Å². The summed E-state index contributed by atoms with van der Waals surface area (Å²) >= 11 is 5.33. The summed E-state index contributed by atoms with van der Waals surface area (Å²) in [6.45, 7) is 0. The number of hydrogen-bond acceptors (Lipinski definition) is 4. The van der Waals surface area contributed by atoms with Gasteiger partial charge in [0.2, 0.25) is 0 Å². The first-order valence-corrected chi connectivity index (χ1v) is 8.17. The van der Waals surface area contributed by atoms with Gasteiger partial charge in [0.15, 0.2) is 0 Å². The average Bonchev–Trinajstić information content (AvgIpc) is 2.99. The number of rotatable bonds is 4. The van der Waals surface area contributed by atoms with Crippen molar-refractivity contribution in [1.29, 1.82) is 0 Å². The molecule has 3 rings (SSSR count). The molecule has 0 aliphatic rings. The summed E-state index contributed by atoms with van der Waals surface area (Å²) in [4.78, 5) is 0. The van der Waals surface area contributed by atoms with E-state index in [4.69, 9.17) is 10.6 Å². The molecule has 5 heteroatoms. The smallest absolute Gasteiger partial charge is 0.119 e. The number of hydrogen-bond donors (Lipinski definition) is 2. The summed E-state index contributed by atoms with van der Waals surface area (Å²) in [5, 5.41) is 3.33. The van der Waals surface area contributed by atoms with Crippen molar-refractivity contribution in [2.75, 3.05) is 7.11 Å². The molecule has 2 aromatic carbocycles. The second kappa shape index (κ2) is 6.15. The summed E-state index contributed by atoms with van der Waals surface area (Å²) in [5.41, 5.74) is 5.15. The van der Waals surface area contributed by atoms with Crippen LogP contribution < -0.4 is 16.0 Å². The summed E-state index contributed by atoms with van der Waals surface area (Å²) in [6, 6.07) is 14.2. The highest BCUT2D eigenvalue weighted by molar-refractivity contribution is 9.10. The molecule has 3 aromatic rings. The van der Waals surface area contributed by atoms with E-state index in [0.29, 0.717) is 0 Å². The van der Waals surface area contributed by atoms with Crippen molar-refractivity contribution in [3.05, 3.63) is 63.4 Å². The van der Waals surface area contributed by atoms with Gasteiger partial charge in [0.1, 0.15) is 5.75 Å². The Morgan fingerprint density at radius 2 is 2.05 bits per heavy atom. The normalized spacial score (nSPS) is 12.5. The Hall–Kier alpha value is -1.40. The van der Waals surface area contributed by atoms with Crippen molar-refractivity contribution in [3.8, 4) is 5.75 Å². The molecule has 108 valence electrons. The number of nitrogens with one attached hydrogen (secondary N) is 1. The number of nitrogens with two attached hydrogens (primary N) is 1. The van der Waals surface area contributed by atoms with Crippen LogP contribution in [0.2, 0.25) is 0 Å². The van der Waals surface area contributed by atoms with Gasteiger partial charge < -0.3 is 4.74 Å².